The van der Waals surface area contributed by atoms with Crippen LogP contribution < -0.4 is 0 Å². The number of nitrogens with zero attached hydrogens (tertiary/aromatic N) is 3. The fraction of sp³-hybridized carbons (Fsp3) is 0. The van der Waals surface area contributed by atoms with Crippen LogP contribution in [0.5, 0.6) is 0 Å². The molecule has 3 heteroatoms. The van der Waals surface area contributed by atoms with Crippen molar-refractivity contribution in [2.24, 2.45) is 0 Å². The van der Waals surface area contributed by atoms with E-state index in [9.17, 15) is 0 Å². The highest BCUT2D eigenvalue weighted by Crippen LogP contribution is 2.39. The Kier molecular flexibility index (Phi) is 5.28. The first kappa shape index (κ1) is 25.2. The number of hydrogen-bond donors (Lipinski definition) is 0. The van der Waals surface area contributed by atoms with Crippen molar-refractivity contribution in [3.8, 4) is 33.8 Å². The van der Waals surface area contributed by atoms with Gasteiger partial charge in [-0.15, -0.1) is 0 Å². The van der Waals surface area contributed by atoms with E-state index in [1.54, 1.807) is 0 Å². The van der Waals surface area contributed by atoms with Gasteiger partial charge in [-0.1, -0.05) is 127 Å². The third-order valence-corrected chi connectivity index (χ3v) is 9.40. The van der Waals surface area contributed by atoms with Gasteiger partial charge in [-0.25, -0.2) is 15.0 Å². The van der Waals surface area contributed by atoms with Gasteiger partial charge in [-0.05, 0) is 67.7 Å². The fourth-order valence-electron chi connectivity index (χ4n) is 7.09. The summed E-state index contributed by atoms with van der Waals surface area (Å²) in [6.07, 6.45) is 0. The second kappa shape index (κ2) is 9.65. The van der Waals surface area contributed by atoms with Crippen LogP contribution in [0.1, 0.15) is 0 Å². The van der Waals surface area contributed by atoms with Gasteiger partial charge >= 0.3 is 0 Å². The molecule has 3 heterocycles. The molecule has 10 rings (SSSR count). The molecule has 0 saturated carbocycles. The van der Waals surface area contributed by atoms with Crippen molar-refractivity contribution in [3.05, 3.63) is 152 Å². The molecule has 0 aliphatic heterocycles. The van der Waals surface area contributed by atoms with Crippen molar-refractivity contribution in [1.29, 1.82) is 0 Å². The fourth-order valence-corrected chi connectivity index (χ4v) is 7.09. The van der Waals surface area contributed by atoms with Crippen molar-refractivity contribution >= 4 is 65.0 Å². The minimum Gasteiger partial charge on any atom is -0.246 e. The number of benzene rings is 7. The summed E-state index contributed by atoms with van der Waals surface area (Å²) in [5, 5.41) is 11.1. The van der Waals surface area contributed by atoms with E-state index in [0.29, 0.717) is 0 Å². The SMILES string of the molecule is c1ccc2nc(-c3ccc4ccc5ccc(-c6ccc(-c7ccc8ccc9cccc%10ccc7c8c9%10)cc6)nc5c4n3)ccc2c1. The van der Waals surface area contributed by atoms with Gasteiger partial charge < -0.3 is 0 Å². The van der Waals surface area contributed by atoms with Crippen molar-refractivity contribution in [2.45, 2.75) is 0 Å². The summed E-state index contributed by atoms with van der Waals surface area (Å²) in [5.41, 5.74) is 8.89. The third-order valence-electron chi connectivity index (χ3n) is 9.40. The maximum atomic E-state index is 5.18. The van der Waals surface area contributed by atoms with Gasteiger partial charge in [0.1, 0.15) is 0 Å². The Morgan fingerprint density at radius 3 is 1.61 bits per heavy atom. The predicted molar refractivity (Wildman–Crippen MR) is 192 cm³/mol. The molecule has 0 fully saturated rings. The molecule has 0 aliphatic rings. The van der Waals surface area contributed by atoms with Gasteiger partial charge in [0.25, 0.3) is 0 Å². The lowest BCUT2D eigenvalue weighted by atomic mass is 9.89. The predicted octanol–water partition coefficient (Wildman–Crippen LogP) is 11.2. The van der Waals surface area contributed by atoms with E-state index in [4.69, 9.17) is 15.0 Å². The minimum absolute atomic E-state index is 0.843. The van der Waals surface area contributed by atoms with Crippen LogP contribution in [0, 0.1) is 0 Å². The normalized spacial score (nSPS) is 11.9. The molecule has 3 nitrogen and oxygen atoms in total. The number of para-hydroxylation sites is 1. The van der Waals surface area contributed by atoms with Gasteiger partial charge in [0.15, 0.2) is 0 Å². The van der Waals surface area contributed by atoms with Crippen LogP contribution >= 0.6 is 0 Å². The van der Waals surface area contributed by atoms with Crippen LogP contribution in [-0.2, 0) is 0 Å². The molecule has 0 spiro atoms. The number of hydrogen-bond acceptors (Lipinski definition) is 3. The maximum absolute atomic E-state index is 5.18. The Morgan fingerprint density at radius 2 is 0.826 bits per heavy atom. The van der Waals surface area contributed by atoms with Crippen LogP contribution in [0.3, 0.4) is 0 Å². The molecular formula is C43H25N3. The molecule has 0 amide bonds. The van der Waals surface area contributed by atoms with E-state index >= 15 is 0 Å². The molecule has 7 aromatic carbocycles. The molecule has 0 N–H and O–H groups in total. The average Bonchev–Trinajstić information content (AvgIpc) is 3.13. The van der Waals surface area contributed by atoms with E-state index in [0.717, 1.165) is 55.4 Å². The zero-order chi connectivity index (χ0) is 30.2. The molecule has 0 aliphatic carbocycles. The average molecular weight is 584 g/mol. The molecule has 0 bridgehead atoms. The highest BCUT2D eigenvalue weighted by atomic mass is 14.8. The van der Waals surface area contributed by atoms with E-state index in [2.05, 4.69) is 121 Å². The molecular weight excluding hydrogens is 558 g/mol. The Hall–Kier alpha value is -6.19. The summed E-state index contributed by atoms with van der Waals surface area (Å²) in [5.74, 6) is 0. The molecule has 0 atom stereocenters. The molecule has 10 aromatic rings. The molecule has 212 valence electrons. The summed E-state index contributed by atoms with van der Waals surface area (Å²) < 4.78 is 0. The Balaban J connectivity index is 1.07. The standard InChI is InChI=1S/C43H25N3/c1-2-7-36-27(4-1)18-24-38(44-36)39-25-20-33-15-14-32-19-23-37(45-42(32)43(33)46-39)28-10-8-26(9-11-28)34-21-16-31-13-12-29-5-3-6-30-17-22-35(34)41(31)40(29)30/h1-25H. The Bertz CT molecular complexity index is 2780. The molecule has 46 heavy (non-hydrogen) atoms. The van der Waals surface area contributed by atoms with E-state index in [1.165, 1.54) is 43.4 Å². The summed E-state index contributed by atoms with van der Waals surface area (Å²) in [6, 6.07) is 53.9. The van der Waals surface area contributed by atoms with E-state index in [-0.39, 0.29) is 0 Å². The van der Waals surface area contributed by atoms with Gasteiger partial charge in [0.05, 0.1) is 33.6 Å². The van der Waals surface area contributed by atoms with Gasteiger partial charge in [0, 0.05) is 21.7 Å². The number of aromatic nitrogens is 3. The molecule has 0 radical (unpaired) electrons. The molecule has 3 aromatic heterocycles. The largest absolute Gasteiger partial charge is 0.246 e. The lowest BCUT2D eigenvalue weighted by Gasteiger charge is -2.14. The maximum Gasteiger partial charge on any atom is 0.0973 e. The Morgan fingerprint density at radius 1 is 0.304 bits per heavy atom. The van der Waals surface area contributed by atoms with Crippen LogP contribution in [0.25, 0.3) is 98.8 Å². The lowest BCUT2D eigenvalue weighted by molar-refractivity contribution is 1.31. The first-order valence-corrected chi connectivity index (χ1v) is 15.6. The van der Waals surface area contributed by atoms with Crippen molar-refractivity contribution in [1.82, 2.24) is 15.0 Å². The summed E-state index contributed by atoms with van der Waals surface area (Å²) in [4.78, 5) is 15.2. The van der Waals surface area contributed by atoms with Crippen LogP contribution in [-0.4, -0.2) is 15.0 Å². The molecule has 0 unspecified atom stereocenters. The number of rotatable bonds is 3. The molecule has 0 saturated heterocycles. The van der Waals surface area contributed by atoms with Gasteiger partial charge in [-0.2, -0.15) is 0 Å². The number of pyridine rings is 3. The monoisotopic (exact) mass is 583 g/mol. The van der Waals surface area contributed by atoms with Gasteiger partial charge in [-0.3, -0.25) is 0 Å². The zero-order valence-corrected chi connectivity index (χ0v) is 24.8. The van der Waals surface area contributed by atoms with E-state index in [1.807, 2.05) is 30.3 Å². The lowest BCUT2D eigenvalue weighted by Crippen LogP contribution is -1.92. The number of fused-ring (bicyclic) bond motifs is 4. The summed E-state index contributed by atoms with van der Waals surface area (Å²) in [7, 11) is 0. The minimum atomic E-state index is 0.843. The zero-order valence-electron chi connectivity index (χ0n) is 24.8. The smallest absolute Gasteiger partial charge is 0.0973 e. The third kappa shape index (κ3) is 3.82. The highest BCUT2D eigenvalue weighted by molar-refractivity contribution is 6.25. The summed E-state index contributed by atoms with van der Waals surface area (Å²) in [6.45, 7) is 0. The first-order valence-electron chi connectivity index (χ1n) is 15.6. The Labute approximate surface area is 264 Å². The van der Waals surface area contributed by atoms with Crippen LogP contribution in [0.15, 0.2) is 152 Å². The van der Waals surface area contributed by atoms with Crippen LogP contribution in [0.2, 0.25) is 0 Å². The van der Waals surface area contributed by atoms with Crippen molar-refractivity contribution in [2.75, 3.05) is 0 Å². The topological polar surface area (TPSA) is 38.7 Å². The first-order chi connectivity index (χ1) is 22.8. The van der Waals surface area contributed by atoms with E-state index < -0.39 is 0 Å². The highest BCUT2D eigenvalue weighted by Gasteiger charge is 2.13. The van der Waals surface area contributed by atoms with Crippen LogP contribution in [0.4, 0.5) is 0 Å². The summed E-state index contributed by atoms with van der Waals surface area (Å²) >= 11 is 0. The quantitative estimate of drug-likeness (QED) is 0.194. The second-order valence-corrected chi connectivity index (χ2v) is 12.0. The van der Waals surface area contributed by atoms with Crippen molar-refractivity contribution in [3.63, 3.8) is 0 Å². The second-order valence-electron chi connectivity index (χ2n) is 12.0. The van der Waals surface area contributed by atoms with Crippen molar-refractivity contribution < 1.29 is 0 Å². The van der Waals surface area contributed by atoms with Gasteiger partial charge in [0.2, 0.25) is 0 Å².